The highest BCUT2D eigenvalue weighted by Crippen LogP contribution is 2.30. The van der Waals surface area contributed by atoms with E-state index in [1.807, 2.05) is 39.0 Å². The molecule has 1 aromatic rings. The van der Waals surface area contributed by atoms with Gasteiger partial charge in [-0.3, -0.25) is 0 Å². The number of alkyl carbamates (subject to hydrolysis) is 1. The first kappa shape index (κ1) is 17.5. The minimum absolute atomic E-state index is 0.120. The number of ether oxygens (including phenoxy) is 1. The van der Waals surface area contributed by atoms with Gasteiger partial charge in [0.15, 0.2) is 0 Å². The minimum Gasteiger partial charge on any atom is -0.444 e. The van der Waals surface area contributed by atoms with Crippen molar-refractivity contribution in [2.45, 2.75) is 45.6 Å². The van der Waals surface area contributed by atoms with Crippen LogP contribution in [-0.2, 0) is 10.2 Å². The molecule has 1 aromatic carbocycles. The number of rotatable bonds is 5. The van der Waals surface area contributed by atoms with E-state index in [9.17, 15) is 4.79 Å². The molecule has 4 nitrogen and oxygen atoms in total. The summed E-state index contributed by atoms with van der Waals surface area (Å²) >= 11 is 0. The molecule has 0 aliphatic heterocycles. The Bertz CT molecular complexity index is 450. The molecule has 0 bridgehead atoms. The first-order chi connectivity index (χ1) is 9.66. The fourth-order valence-corrected chi connectivity index (χ4v) is 2.26. The molecule has 21 heavy (non-hydrogen) atoms. The van der Waals surface area contributed by atoms with Crippen LogP contribution in [0.1, 0.15) is 40.2 Å². The first-order valence-electron chi connectivity index (χ1n) is 7.39. The third kappa shape index (κ3) is 5.38. The molecule has 1 atom stereocenters. The highest BCUT2D eigenvalue weighted by Gasteiger charge is 2.30. The van der Waals surface area contributed by atoms with Crippen LogP contribution < -0.4 is 11.1 Å². The van der Waals surface area contributed by atoms with Crippen LogP contribution in [0.15, 0.2) is 30.3 Å². The Morgan fingerprint density at radius 2 is 1.76 bits per heavy atom. The van der Waals surface area contributed by atoms with E-state index in [1.54, 1.807) is 0 Å². The van der Waals surface area contributed by atoms with Crippen LogP contribution in [-0.4, -0.2) is 24.8 Å². The second-order valence-electron chi connectivity index (χ2n) is 6.90. The number of amides is 1. The highest BCUT2D eigenvalue weighted by molar-refractivity contribution is 5.67. The van der Waals surface area contributed by atoms with Gasteiger partial charge in [0.05, 0.1) is 0 Å². The molecule has 0 spiro atoms. The molecule has 1 rings (SSSR count). The Hall–Kier alpha value is -1.55. The molecule has 4 heteroatoms. The van der Waals surface area contributed by atoms with E-state index >= 15 is 0 Å². The molecule has 0 saturated carbocycles. The summed E-state index contributed by atoms with van der Waals surface area (Å²) in [4.78, 5) is 11.8. The van der Waals surface area contributed by atoms with Gasteiger partial charge in [-0.05, 0) is 44.2 Å². The lowest BCUT2D eigenvalue weighted by Gasteiger charge is -2.34. The Kier molecular flexibility index (Phi) is 5.78. The van der Waals surface area contributed by atoms with Crippen molar-refractivity contribution in [2.75, 3.05) is 13.1 Å². The average Bonchev–Trinajstić information content (AvgIpc) is 2.38. The summed E-state index contributed by atoms with van der Waals surface area (Å²) in [6.45, 7) is 10.8. The van der Waals surface area contributed by atoms with E-state index in [0.29, 0.717) is 13.1 Å². The normalized spacial score (nSPS) is 13.6. The molecule has 0 aromatic heterocycles. The molecule has 0 radical (unpaired) electrons. The molecule has 0 aliphatic carbocycles. The summed E-state index contributed by atoms with van der Waals surface area (Å²) in [6.07, 6.45) is -0.398. The van der Waals surface area contributed by atoms with Crippen molar-refractivity contribution < 1.29 is 9.53 Å². The summed E-state index contributed by atoms with van der Waals surface area (Å²) in [6, 6.07) is 10.2. The van der Waals surface area contributed by atoms with Crippen molar-refractivity contribution in [3.8, 4) is 0 Å². The summed E-state index contributed by atoms with van der Waals surface area (Å²) in [7, 11) is 0. The van der Waals surface area contributed by atoms with Crippen molar-refractivity contribution >= 4 is 6.09 Å². The Balaban J connectivity index is 2.69. The van der Waals surface area contributed by atoms with Crippen molar-refractivity contribution in [1.82, 2.24) is 5.32 Å². The zero-order valence-corrected chi connectivity index (χ0v) is 13.8. The predicted octanol–water partition coefficient (Wildman–Crippen LogP) is 3.06. The lowest BCUT2D eigenvalue weighted by molar-refractivity contribution is 0.0513. The summed E-state index contributed by atoms with van der Waals surface area (Å²) < 4.78 is 5.26. The number of nitrogens with one attached hydrogen (secondary N) is 1. The minimum atomic E-state index is -0.489. The van der Waals surface area contributed by atoms with Gasteiger partial charge in [-0.1, -0.05) is 44.2 Å². The van der Waals surface area contributed by atoms with E-state index in [2.05, 4.69) is 31.3 Å². The van der Waals surface area contributed by atoms with Gasteiger partial charge >= 0.3 is 6.09 Å². The van der Waals surface area contributed by atoms with Gasteiger partial charge in [0.25, 0.3) is 0 Å². The number of hydrogen-bond acceptors (Lipinski definition) is 3. The van der Waals surface area contributed by atoms with Gasteiger partial charge in [-0.15, -0.1) is 0 Å². The molecule has 0 fully saturated rings. The average molecular weight is 292 g/mol. The first-order valence-corrected chi connectivity index (χ1v) is 7.39. The van der Waals surface area contributed by atoms with E-state index in [4.69, 9.17) is 10.5 Å². The quantitative estimate of drug-likeness (QED) is 0.876. The molecule has 1 unspecified atom stereocenters. The van der Waals surface area contributed by atoms with Gasteiger partial charge < -0.3 is 15.8 Å². The number of carbonyl (C=O) groups is 1. The number of hydrogen-bond donors (Lipinski definition) is 2. The van der Waals surface area contributed by atoms with E-state index in [0.717, 1.165) is 0 Å². The van der Waals surface area contributed by atoms with Crippen LogP contribution in [0.25, 0.3) is 0 Å². The van der Waals surface area contributed by atoms with Crippen LogP contribution in [0.3, 0.4) is 0 Å². The molecule has 0 aliphatic rings. The summed E-state index contributed by atoms with van der Waals surface area (Å²) in [5.41, 5.74) is 6.52. The predicted molar refractivity (Wildman–Crippen MR) is 86.2 cm³/mol. The third-order valence-corrected chi connectivity index (χ3v) is 3.71. The molecule has 0 saturated heterocycles. The Morgan fingerprint density at radius 3 is 2.24 bits per heavy atom. The van der Waals surface area contributed by atoms with Gasteiger partial charge in [-0.25, -0.2) is 4.79 Å². The number of carbonyl (C=O) groups excluding carboxylic acids is 1. The molecular weight excluding hydrogens is 264 g/mol. The van der Waals surface area contributed by atoms with Crippen LogP contribution >= 0.6 is 0 Å². The number of benzene rings is 1. The zero-order valence-electron chi connectivity index (χ0n) is 13.8. The molecule has 0 heterocycles. The zero-order chi connectivity index (χ0) is 16.1. The van der Waals surface area contributed by atoms with Gasteiger partial charge in [0.1, 0.15) is 5.60 Å². The largest absolute Gasteiger partial charge is 0.444 e. The monoisotopic (exact) mass is 292 g/mol. The summed E-state index contributed by atoms with van der Waals surface area (Å²) in [5, 5.41) is 2.82. The van der Waals surface area contributed by atoms with Gasteiger partial charge in [-0.2, -0.15) is 0 Å². The molecule has 118 valence electrons. The lowest BCUT2D eigenvalue weighted by Crippen LogP contribution is -2.44. The van der Waals surface area contributed by atoms with Crippen molar-refractivity contribution in [1.29, 1.82) is 0 Å². The van der Waals surface area contributed by atoms with Crippen molar-refractivity contribution in [3.05, 3.63) is 35.9 Å². The van der Waals surface area contributed by atoms with Crippen LogP contribution in [0, 0.1) is 5.92 Å². The maximum Gasteiger partial charge on any atom is 0.407 e. The second-order valence-corrected chi connectivity index (χ2v) is 6.90. The fraction of sp³-hybridized carbons (Fsp3) is 0.588. The topological polar surface area (TPSA) is 64.3 Å². The summed E-state index contributed by atoms with van der Waals surface area (Å²) in [5.74, 6) is 0.132. The molecule has 1 amide bonds. The smallest absolute Gasteiger partial charge is 0.407 e. The lowest BCUT2D eigenvalue weighted by atomic mass is 9.73. The van der Waals surface area contributed by atoms with Crippen molar-refractivity contribution in [2.24, 2.45) is 11.7 Å². The standard InChI is InChI=1S/C17H28N2O2/c1-16(2,3)21-15(20)19-12-14(11-18)17(4,5)13-9-7-6-8-10-13/h6-10,14H,11-12,18H2,1-5H3,(H,19,20). The SMILES string of the molecule is CC(C)(C)OC(=O)NCC(CN)C(C)(C)c1ccccc1. The Labute approximate surface area is 128 Å². The van der Waals surface area contributed by atoms with E-state index in [1.165, 1.54) is 5.56 Å². The van der Waals surface area contributed by atoms with Crippen LogP contribution in [0.2, 0.25) is 0 Å². The molecular formula is C17H28N2O2. The highest BCUT2D eigenvalue weighted by atomic mass is 16.6. The van der Waals surface area contributed by atoms with Crippen LogP contribution in [0.5, 0.6) is 0 Å². The fourth-order valence-electron chi connectivity index (χ4n) is 2.26. The van der Waals surface area contributed by atoms with Gasteiger partial charge in [0.2, 0.25) is 0 Å². The van der Waals surface area contributed by atoms with Gasteiger partial charge in [0, 0.05) is 6.54 Å². The second kappa shape index (κ2) is 6.94. The molecule has 3 N–H and O–H groups in total. The van der Waals surface area contributed by atoms with E-state index < -0.39 is 11.7 Å². The van der Waals surface area contributed by atoms with Crippen LogP contribution in [0.4, 0.5) is 4.79 Å². The maximum absolute atomic E-state index is 11.8. The Morgan fingerprint density at radius 1 is 1.19 bits per heavy atom. The number of nitrogens with two attached hydrogens (primary N) is 1. The van der Waals surface area contributed by atoms with Crippen molar-refractivity contribution in [3.63, 3.8) is 0 Å². The maximum atomic E-state index is 11.8. The third-order valence-electron chi connectivity index (χ3n) is 3.71. The van der Waals surface area contributed by atoms with E-state index in [-0.39, 0.29) is 11.3 Å².